The first-order valence-corrected chi connectivity index (χ1v) is 8.81. The van der Waals surface area contributed by atoms with Gasteiger partial charge in [0.05, 0.1) is 24.3 Å². The first-order chi connectivity index (χ1) is 10.7. The van der Waals surface area contributed by atoms with Crippen LogP contribution >= 0.6 is 0 Å². The van der Waals surface area contributed by atoms with E-state index in [1.165, 1.54) is 0 Å². The molecule has 1 aromatic rings. The molecule has 0 amide bonds. The van der Waals surface area contributed by atoms with Crippen molar-refractivity contribution in [3.05, 3.63) is 29.8 Å². The molecule has 1 aliphatic heterocycles. The van der Waals surface area contributed by atoms with E-state index in [0.29, 0.717) is 11.4 Å². The van der Waals surface area contributed by atoms with Crippen LogP contribution in [0.3, 0.4) is 0 Å². The number of aliphatic imine (C=N–C) groups is 1. The maximum atomic E-state index is 12.2. The largest absolute Gasteiger partial charge is 0.461 e. The van der Waals surface area contributed by atoms with Gasteiger partial charge in [-0.1, -0.05) is 23.4 Å². The quantitative estimate of drug-likeness (QED) is 0.464. The van der Waals surface area contributed by atoms with Gasteiger partial charge in [0.25, 0.3) is 0 Å². The molecule has 0 aliphatic carbocycles. The third kappa shape index (κ3) is 3.58. The number of carbonyl (C=O) groups excluding carboxylic acids is 1. The zero-order chi connectivity index (χ0) is 17.3. The van der Waals surface area contributed by atoms with E-state index in [1.807, 2.05) is 38.1 Å². The molecule has 0 fully saturated rings. The number of oxime groups is 1. The molecule has 0 bridgehead atoms. The van der Waals surface area contributed by atoms with Crippen molar-refractivity contribution >= 4 is 33.2 Å². The lowest BCUT2D eigenvalue weighted by atomic mass is 9.80. The van der Waals surface area contributed by atoms with Gasteiger partial charge in [-0.15, -0.1) is 0 Å². The second kappa shape index (κ2) is 6.11. The summed E-state index contributed by atoms with van der Waals surface area (Å²) in [4.78, 5) is 16.6. The molecule has 1 aliphatic rings. The Morgan fingerprint density at radius 2 is 1.96 bits per heavy atom. The fourth-order valence-corrected chi connectivity index (χ4v) is 2.53. The topological polar surface area (TPSA) is 94.4 Å². The molecule has 0 spiro atoms. The smallest absolute Gasteiger partial charge is 0.362 e. The van der Waals surface area contributed by atoms with Crippen LogP contribution in [0.5, 0.6) is 0 Å². The van der Waals surface area contributed by atoms with Crippen LogP contribution in [-0.4, -0.2) is 38.7 Å². The SMILES string of the molecule is CCOC(=O)C(=NOS(C)(=O)=O)C1=Nc2ccccc2C1(C)C. The van der Waals surface area contributed by atoms with Gasteiger partial charge in [-0.3, -0.25) is 4.28 Å². The zero-order valence-electron chi connectivity index (χ0n) is 13.4. The Morgan fingerprint density at radius 1 is 1.30 bits per heavy atom. The minimum absolute atomic E-state index is 0.122. The normalized spacial score (nSPS) is 16.5. The van der Waals surface area contributed by atoms with Gasteiger partial charge in [0.2, 0.25) is 5.71 Å². The van der Waals surface area contributed by atoms with Gasteiger partial charge in [-0.05, 0) is 32.4 Å². The fourth-order valence-electron chi connectivity index (χ4n) is 2.32. The lowest BCUT2D eigenvalue weighted by Crippen LogP contribution is -2.38. The molecule has 8 heteroatoms. The van der Waals surface area contributed by atoms with Crippen molar-refractivity contribution in [1.29, 1.82) is 0 Å². The van der Waals surface area contributed by atoms with E-state index in [-0.39, 0.29) is 12.3 Å². The molecular formula is C15H18N2O5S. The summed E-state index contributed by atoms with van der Waals surface area (Å²) in [7, 11) is -3.85. The highest BCUT2D eigenvalue weighted by Crippen LogP contribution is 2.40. The third-order valence-electron chi connectivity index (χ3n) is 3.36. The van der Waals surface area contributed by atoms with Gasteiger partial charge in [0.1, 0.15) is 0 Å². The van der Waals surface area contributed by atoms with Crippen LogP contribution in [-0.2, 0) is 29.3 Å². The van der Waals surface area contributed by atoms with Crippen molar-refractivity contribution < 1.29 is 22.2 Å². The van der Waals surface area contributed by atoms with E-state index in [9.17, 15) is 13.2 Å². The van der Waals surface area contributed by atoms with Gasteiger partial charge in [0, 0.05) is 5.41 Å². The molecule has 1 heterocycles. The molecule has 0 saturated heterocycles. The predicted octanol–water partition coefficient (Wildman–Crippen LogP) is 1.95. The highest BCUT2D eigenvalue weighted by molar-refractivity contribution is 7.85. The number of nitrogens with zero attached hydrogens (tertiary/aromatic N) is 2. The summed E-state index contributed by atoms with van der Waals surface area (Å²) >= 11 is 0. The van der Waals surface area contributed by atoms with E-state index in [1.54, 1.807) is 6.92 Å². The first-order valence-electron chi connectivity index (χ1n) is 6.99. The Kier molecular flexibility index (Phi) is 4.56. The Balaban J connectivity index is 2.51. The van der Waals surface area contributed by atoms with E-state index in [2.05, 4.69) is 14.4 Å². The van der Waals surface area contributed by atoms with Crippen molar-refractivity contribution in [3.63, 3.8) is 0 Å². The Morgan fingerprint density at radius 3 is 2.52 bits per heavy atom. The van der Waals surface area contributed by atoms with Gasteiger partial charge in [0.15, 0.2) is 0 Å². The fraction of sp³-hybridized carbons (Fsp3) is 0.400. The number of esters is 1. The Hall–Kier alpha value is -2.22. The molecule has 124 valence electrons. The maximum absolute atomic E-state index is 12.2. The van der Waals surface area contributed by atoms with Crippen molar-refractivity contribution in [2.24, 2.45) is 10.1 Å². The molecule has 0 atom stereocenters. The monoisotopic (exact) mass is 338 g/mol. The van der Waals surface area contributed by atoms with Gasteiger partial charge in [-0.2, -0.15) is 8.42 Å². The molecule has 0 N–H and O–H groups in total. The third-order valence-corrected chi connectivity index (χ3v) is 3.70. The van der Waals surface area contributed by atoms with Crippen LogP contribution in [0.4, 0.5) is 5.69 Å². The van der Waals surface area contributed by atoms with Gasteiger partial charge in [-0.25, -0.2) is 9.79 Å². The number of benzene rings is 1. The summed E-state index contributed by atoms with van der Waals surface area (Å²) in [5.74, 6) is -0.782. The lowest BCUT2D eigenvalue weighted by molar-refractivity contribution is -0.134. The number of ether oxygens (including phenoxy) is 1. The van der Waals surface area contributed by atoms with Crippen LogP contribution in [0.2, 0.25) is 0 Å². The van der Waals surface area contributed by atoms with Crippen LogP contribution < -0.4 is 0 Å². The molecule has 2 rings (SSSR count). The highest BCUT2D eigenvalue weighted by Gasteiger charge is 2.41. The molecule has 23 heavy (non-hydrogen) atoms. The molecule has 1 aromatic carbocycles. The zero-order valence-corrected chi connectivity index (χ0v) is 14.2. The summed E-state index contributed by atoms with van der Waals surface area (Å²) < 4.78 is 31.8. The molecule has 7 nitrogen and oxygen atoms in total. The average Bonchev–Trinajstić information content (AvgIpc) is 2.71. The number of rotatable bonds is 5. The standard InChI is InChI=1S/C15H18N2O5S/c1-5-21-14(18)12(17-22-23(4,19)20)13-15(2,3)10-8-6-7-9-11(10)16-13/h6-9H,5H2,1-4H3. The van der Waals surface area contributed by atoms with Crippen LogP contribution in [0, 0.1) is 0 Å². The minimum atomic E-state index is -3.85. The number of hydrogen-bond donors (Lipinski definition) is 0. The highest BCUT2D eigenvalue weighted by atomic mass is 32.2. The van der Waals surface area contributed by atoms with E-state index >= 15 is 0 Å². The van der Waals surface area contributed by atoms with Crippen LogP contribution in [0.1, 0.15) is 26.3 Å². The number of fused-ring (bicyclic) bond motifs is 1. The molecule has 0 unspecified atom stereocenters. The van der Waals surface area contributed by atoms with E-state index in [0.717, 1.165) is 11.8 Å². The summed E-state index contributed by atoms with van der Waals surface area (Å²) in [5, 5.41) is 3.50. The van der Waals surface area contributed by atoms with Crippen molar-refractivity contribution in [3.8, 4) is 0 Å². The second-order valence-corrected chi connectivity index (χ2v) is 7.10. The minimum Gasteiger partial charge on any atom is -0.461 e. The number of para-hydroxylation sites is 1. The summed E-state index contributed by atoms with van der Waals surface area (Å²) in [6.07, 6.45) is 0.843. The van der Waals surface area contributed by atoms with Crippen molar-refractivity contribution in [2.45, 2.75) is 26.2 Å². The predicted molar refractivity (Wildman–Crippen MR) is 86.6 cm³/mol. The van der Waals surface area contributed by atoms with Crippen LogP contribution in [0.25, 0.3) is 0 Å². The Bertz CT molecular complexity index is 794. The summed E-state index contributed by atoms with van der Waals surface area (Å²) in [5.41, 5.74) is 1.03. The van der Waals surface area contributed by atoms with Crippen LogP contribution in [0.15, 0.2) is 34.4 Å². The summed E-state index contributed by atoms with van der Waals surface area (Å²) in [6.45, 7) is 5.50. The van der Waals surface area contributed by atoms with Gasteiger partial charge >= 0.3 is 16.1 Å². The molecule has 0 radical (unpaired) electrons. The van der Waals surface area contributed by atoms with E-state index < -0.39 is 21.5 Å². The number of hydrogen-bond acceptors (Lipinski definition) is 7. The number of carbonyl (C=O) groups is 1. The lowest BCUT2D eigenvalue weighted by Gasteiger charge is -2.22. The van der Waals surface area contributed by atoms with Crippen molar-refractivity contribution in [2.75, 3.05) is 12.9 Å². The van der Waals surface area contributed by atoms with Gasteiger partial charge < -0.3 is 4.74 Å². The van der Waals surface area contributed by atoms with E-state index in [4.69, 9.17) is 4.74 Å². The second-order valence-electron chi connectivity index (χ2n) is 5.54. The molecule has 0 aromatic heterocycles. The summed E-state index contributed by atoms with van der Waals surface area (Å²) in [6, 6.07) is 7.40. The first kappa shape index (κ1) is 17.1. The maximum Gasteiger partial charge on any atom is 0.362 e. The average molecular weight is 338 g/mol. The van der Waals surface area contributed by atoms with Crippen molar-refractivity contribution in [1.82, 2.24) is 0 Å². The molecular weight excluding hydrogens is 320 g/mol. The molecule has 0 saturated carbocycles. The Labute approximate surface area is 135 Å².